The van der Waals surface area contributed by atoms with Crippen molar-refractivity contribution in [1.29, 1.82) is 0 Å². The molecule has 4 N–H and O–H groups in total. The highest BCUT2D eigenvalue weighted by Crippen LogP contribution is 2.11. The maximum absolute atomic E-state index is 10.5. The molecule has 0 aromatic carbocycles. The molecule has 0 saturated heterocycles. The Morgan fingerprint density at radius 3 is 2.50 bits per heavy atom. The van der Waals surface area contributed by atoms with Gasteiger partial charge in [0.05, 0.1) is 12.5 Å². The monoisotopic (exact) mass is 192 g/mol. The molecule has 0 radical (unpaired) electrons. The van der Waals surface area contributed by atoms with Gasteiger partial charge in [-0.15, -0.1) is 0 Å². The van der Waals surface area contributed by atoms with Crippen molar-refractivity contribution < 1.29 is 15.6 Å². The third-order valence-electron chi connectivity index (χ3n) is 1.87. The van der Waals surface area contributed by atoms with Crippen molar-refractivity contribution in [2.75, 3.05) is 12.3 Å². The molecule has 0 aliphatic heterocycles. The minimum absolute atomic E-state index is 0.266. The van der Waals surface area contributed by atoms with E-state index in [4.69, 9.17) is 5.11 Å². The number of carboxylic acids is 1. The Balaban J connectivity index is 3.38. The second kappa shape index (κ2) is 7.43. The van der Waals surface area contributed by atoms with Gasteiger partial charge in [0.25, 0.3) is 0 Å². The molecule has 0 saturated carbocycles. The highest BCUT2D eigenvalue weighted by atomic mass is 32.1. The minimum Gasteiger partial charge on any atom is -0.481 e. The molecule has 0 unspecified atom stereocenters. The Kier molecular flexibility index (Phi) is 7.29. The third-order valence-corrected chi connectivity index (χ3v) is 2.31. The second-order valence-corrected chi connectivity index (χ2v) is 3.29. The van der Waals surface area contributed by atoms with Crippen molar-refractivity contribution >= 4 is 18.6 Å². The molecule has 0 amide bonds. The predicted octanol–water partition coefficient (Wildman–Crippen LogP) is 0.419. The molecule has 0 aromatic heterocycles. The Bertz CT molecular complexity index is 130. The van der Waals surface area contributed by atoms with Crippen LogP contribution in [0.2, 0.25) is 0 Å². The fourth-order valence-corrected chi connectivity index (χ4v) is 1.38. The Morgan fingerprint density at radius 1 is 1.42 bits per heavy atom. The van der Waals surface area contributed by atoms with Gasteiger partial charge in [0.15, 0.2) is 0 Å². The van der Waals surface area contributed by atoms with Crippen LogP contribution in [0.1, 0.15) is 25.7 Å². The van der Waals surface area contributed by atoms with Crippen LogP contribution in [0.5, 0.6) is 0 Å². The summed E-state index contributed by atoms with van der Waals surface area (Å²) in [5.74, 6) is -0.544. The summed E-state index contributed by atoms with van der Waals surface area (Å²) in [5.41, 5.74) is 3.73. The molecule has 0 spiro atoms. The Morgan fingerprint density at radius 2 is 2.08 bits per heavy atom. The van der Waals surface area contributed by atoms with Crippen LogP contribution in [0.3, 0.4) is 0 Å². The van der Waals surface area contributed by atoms with Crippen LogP contribution in [-0.4, -0.2) is 23.4 Å². The minimum atomic E-state index is -0.723. The fourth-order valence-electron chi connectivity index (χ4n) is 1.04. The van der Waals surface area contributed by atoms with Crippen LogP contribution in [0.25, 0.3) is 0 Å². The number of hydrogen-bond acceptors (Lipinski definition) is 2. The van der Waals surface area contributed by atoms with Gasteiger partial charge in [0.2, 0.25) is 0 Å². The largest absolute Gasteiger partial charge is 0.481 e. The number of thiol groups is 1. The lowest BCUT2D eigenvalue weighted by Gasteiger charge is -2.07. The standard InChI is InChI=1S/C8H17NO2S/c9-5-3-1-2-4-7(6-12)8(10)11/h7,12H,1-6,9H2,(H,10,11)/p+1/t7-/m0/s1. The molecule has 72 valence electrons. The summed E-state index contributed by atoms with van der Waals surface area (Å²) in [6.07, 6.45) is 3.91. The predicted molar refractivity (Wildman–Crippen MR) is 51.2 cm³/mol. The Hall–Kier alpha value is -0.220. The van der Waals surface area contributed by atoms with Gasteiger partial charge in [-0.2, -0.15) is 12.6 Å². The van der Waals surface area contributed by atoms with Gasteiger partial charge >= 0.3 is 5.97 Å². The summed E-state index contributed by atoms with van der Waals surface area (Å²) in [5, 5.41) is 8.67. The molecule has 0 bridgehead atoms. The zero-order chi connectivity index (χ0) is 9.40. The van der Waals surface area contributed by atoms with Crippen molar-refractivity contribution in [2.24, 2.45) is 5.92 Å². The van der Waals surface area contributed by atoms with Gasteiger partial charge in [0, 0.05) is 5.75 Å². The number of carboxylic acid groups (broad SMARTS) is 1. The fraction of sp³-hybridized carbons (Fsp3) is 0.875. The van der Waals surface area contributed by atoms with E-state index in [0.29, 0.717) is 5.75 Å². The first kappa shape index (κ1) is 11.8. The molecule has 1 atom stereocenters. The molecular formula is C8H18NO2S+. The normalized spacial score (nSPS) is 12.8. The highest BCUT2D eigenvalue weighted by molar-refractivity contribution is 7.80. The Labute approximate surface area is 78.7 Å². The van der Waals surface area contributed by atoms with Gasteiger partial charge in [-0.05, 0) is 19.3 Å². The molecule has 0 aliphatic carbocycles. The van der Waals surface area contributed by atoms with Gasteiger partial charge < -0.3 is 10.8 Å². The summed E-state index contributed by atoms with van der Waals surface area (Å²) in [6, 6.07) is 0. The quantitative estimate of drug-likeness (QED) is 0.404. The van der Waals surface area contributed by atoms with Gasteiger partial charge in [-0.25, -0.2) is 0 Å². The maximum atomic E-state index is 10.5. The zero-order valence-electron chi connectivity index (χ0n) is 7.33. The number of hydrogen-bond donors (Lipinski definition) is 3. The van der Waals surface area contributed by atoms with Gasteiger partial charge in [-0.1, -0.05) is 6.42 Å². The highest BCUT2D eigenvalue weighted by Gasteiger charge is 2.13. The third kappa shape index (κ3) is 5.43. The van der Waals surface area contributed by atoms with Crippen LogP contribution >= 0.6 is 12.6 Å². The molecule has 0 fully saturated rings. The van der Waals surface area contributed by atoms with Crippen LogP contribution < -0.4 is 5.73 Å². The van der Waals surface area contributed by atoms with E-state index in [9.17, 15) is 4.79 Å². The number of carbonyl (C=O) groups is 1. The van der Waals surface area contributed by atoms with Gasteiger partial charge in [0.1, 0.15) is 0 Å². The van der Waals surface area contributed by atoms with Crippen LogP contribution in [0.15, 0.2) is 0 Å². The molecule has 0 aliphatic rings. The van der Waals surface area contributed by atoms with E-state index in [0.717, 1.165) is 32.2 Å². The molecule has 3 nitrogen and oxygen atoms in total. The topological polar surface area (TPSA) is 64.9 Å². The summed E-state index contributed by atoms with van der Waals surface area (Å²) >= 11 is 3.99. The number of quaternary nitrogens is 1. The van der Waals surface area contributed by atoms with Crippen molar-refractivity contribution in [1.82, 2.24) is 0 Å². The van der Waals surface area contributed by atoms with E-state index < -0.39 is 5.97 Å². The lowest BCUT2D eigenvalue weighted by molar-refractivity contribution is -0.368. The SMILES string of the molecule is [NH3+]CCCCC[C@@H](CS)C(=O)O. The van der Waals surface area contributed by atoms with E-state index in [1.54, 1.807) is 0 Å². The number of unbranched alkanes of at least 4 members (excludes halogenated alkanes) is 2. The van der Waals surface area contributed by atoms with Gasteiger partial charge in [-0.3, -0.25) is 4.79 Å². The first-order valence-electron chi connectivity index (χ1n) is 4.35. The summed E-state index contributed by atoms with van der Waals surface area (Å²) in [6.45, 7) is 0.943. The summed E-state index contributed by atoms with van der Waals surface area (Å²) in [7, 11) is 0. The lowest BCUT2D eigenvalue weighted by atomic mass is 10.0. The summed E-state index contributed by atoms with van der Waals surface area (Å²) in [4.78, 5) is 10.5. The van der Waals surface area contributed by atoms with E-state index in [2.05, 4.69) is 18.4 Å². The molecule has 4 heteroatoms. The lowest BCUT2D eigenvalue weighted by Crippen LogP contribution is -2.50. The first-order valence-corrected chi connectivity index (χ1v) is 4.98. The van der Waals surface area contributed by atoms with Crippen LogP contribution in [0.4, 0.5) is 0 Å². The first-order chi connectivity index (χ1) is 5.72. The average molecular weight is 192 g/mol. The molecule has 0 rings (SSSR count). The van der Waals surface area contributed by atoms with Crippen molar-refractivity contribution in [3.05, 3.63) is 0 Å². The van der Waals surface area contributed by atoms with Crippen molar-refractivity contribution in [3.8, 4) is 0 Å². The van der Waals surface area contributed by atoms with E-state index >= 15 is 0 Å². The molecule has 12 heavy (non-hydrogen) atoms. The van der Waals surface area contributed by atoms with Crippen LogP contribution in [0, 0.1) is 5.92 Å². The smallest absolute Gasteiger partial charge is 0.307 e. The van der Waals surface area contributed by atoms with E-state index in [-0.39, 0.29) is 5.92 Å². The molecule has 0 aromatic rings. The average Bonchev–Trinajstić information content (AvgIpc) is 2.04. The van der Waals surface area contributed by atoms with Crippen LogP contribution in [-0.2, 0) is 4.79 Å². The van der Waals surface area contributed by atoms with Crippen molar-refractivity contribution in [3.63, 3.8) is 0 Å². The summed E-state index contributed by atoms with van der Waals surface area (Å²) < 4.78 is 0. The maximum Gasteiger partial charge on any atom is 0.307 e. The number of aliphatic carboxylic acids is 1. The number of rotatable bonds is 7. The second-order valence-electron chi connectivity index (χ2n) is 2.92. The molecule has 0 heterocycles. The van der Waals surface area contributed by atoms with E-state index in [1.807, 2.05) is 0 Å². The van der Waals surface area contributed by atoms with E-state index in [1.165, 1.54) is 0 Å². The molecular weight excluding hydrogens is 174 g/mol. The van der Waals surface area contributed by atoms with Crippen molar-refractivity contribution in [2.45, 2.75) is 25.7 Å². The zero-order valence-corrected chi connectivity index (χ0v) is 8.22.